The second-order valence-corrected chi connectivity index (χ2v) is 8.76. The highest BCUT2D eigenvalue weighted by Crippen LogP contribution is 2.35. The van der Waals surface area contributed by atoms with Crippen molar-refractivity contribution in [3.63, 3.8) is 0 Å². The Labute approximate surface area is 180 Å². The minimum absolute atomic E-state index is 0.208. The number of rotatable bonds is 4. The molecule has 2 aliphatic heterocycles. The number of primary amides is 1. The maximum atomic E-state index is 11.5. The van der Waals surface area contributed by atoms with Crippen LogP contribution in [0.2, 0.25) is 0 Å². The van der Waals surface area contributed by atoms with E-state index in [-0.39, 0.29) is 11.1 Å². The predicted molar refractivity (Wildman–Crippen MR) is 118 cm³/mol. The monoisotopic (exact) mass is 421 g/mol. The molecule has 0 spiro atoms. The fourth-order valence-corrected chi connectivity index (χ4v) is 4.41. The molecule has 0 radical (unpaired) electrons. The summed E-state index contributed by atoms with van der Waals surface area (Å²) in [7, 11) is 0. The largest absolute Gasteiger partial charge is 0.364 e. The van der Waals surface area contributed by atoms with Crippen LogP contribution < -0.4 is 21.3 Å². The molecular weight excluding hydrogens is 394 g/mol. The zero-order valence-electron chi connectivity index (χ0n) is 17.6. The van der Waals surface area contributed by atoms with Crippen LogP contribution in [-0.2, 0) is 6.42 Å². The van der Waals surface area contributed by atoms with E-state index in [2.05, 4.69) is 31.9 Å². The SMILES string of the molecule is CC1(CN)CCN(c2cnc3c(N4CCCc5nc(C(N)=O)ccc54)n[nH]c3n2)CC1. The van der Waals surface area contributed by atoms with E-state index < -0.39 is 5.91 Å². The first kappa shape index (κ1) is 19.7. The summed E-state index contributed by atoms with van der Waals surface area (Å²) in [4.78, 5) is 29.8. The van der Waals surface area contributed by atoms with Gasteiger partial charge in [-0.1, -0.05) is 6.92 Å². The van der Waals surface area contributed by atoms with Gasteiger partial charge < -0.3 is 21.3 Å². The van der Waals surface area contributed by atoms with E-state index in [4.69, 9.17) is 21.4 Å². The third kappa shape index (κ3) is 3.46. The molecule has 31 heavy (non-hydrogen) atoms. The number of hydrogen-bond donors (Lipinski definition) is 3. The number of nitrogens with one attached hydrogen (secondary N) is 1. The van der Waals surface area contributed by atoms with Gasteiger partial charge in [0.15, 0.2) is 17.0 Å². The van der Waals surface area contributed by atoms with Crippen molar-refractivity contribution in [3.8, 4) is 0 Å². The molecule has 162 valence electrons. The number of amides is 1. The van der Waals surface area contributed by atoms with Crippen molar-refractivity contribution in [2.45, 2.75) is 32.6 Å². The van der Waals surface area contributed by atoms with Crippen LogP contribution in [0.4, 0.5) is 17.3 Å². The molecule has 0 bridgehead atoms. The van der Waals surface area contributed by atoms with Gasteiger partial charge in [0.25, 0.3) is 5.91 Å². The van der Waals surface area contributed by atoms with Gasteiger partial charge >= 0.3 is 0 Å². The number of hydrogen-bond acceptors (Lipinski definition) is 8. The van der Waals surface area contributed by atoms with Gasteiger partial charge in [-0.3, -0.25) is 9.89 Å². The molecule has 0 saturated carbocycles. The van der Waals surface area contributed by atoms with Crippen LogP contribution in [0.15, 0.2) is 18.3 Å². The fourth-order valence-electron chi connectivity index (χ4n) is 4.41. The smallest absolute Gasteiger partial charge is 0.267 e. The topological polar surface area (TPSA) is 143 Å². The molecule has 3 aromatic heterocycles. The number of pyridine rings is 1. The normalized spacial score (nSPS) is 18.3. The van der Waals surface area contributed by atoms with Crippen molar-refractivity contribution < 1.29 is 4.79 Å². The number of nitrogens with zero attached hydrogens (tertiary/aromatic N) is 6. The van der Waals surface area contributed by atoms with Gasteiger partial charge in [-0.15, -0.1) is 0 Å². The number of fused-ring (bicyclic) bond motifs is 2. The Bertz CT molecular complexity index is 1130. The molecule has 5 rings (SSSR count). The van der Waals surface area contributed by atoms with Crippen molar-refractivity contribution in [1.29, 1.82) is 0 Å². The maximum absolute atomic E-state index is 11.5. The van der Waals surface area contributed by atoms with E-state index in [1.54, 1.807) is 6.07 Å². The summed E-state index contributed by atoms with van der Waals surface area (Å²) < 4.78 is 0. The Hall–Kier alpha value is -3.27. The van der Waals surface area contributed by atoms with Crippen molar-refractivity contribution >= 4 is 34.4 Å². The van der Waals surface area contributed by atoms with Gasteiger partial charge in [-0.05, 0) is 49.8 Å². The first-order chi connectivity index (χ1) is 15.0. The Balaban J connectivity index is 1.44. The molecule has 5 N–H and O–H groups in total. The van der Waals surface area contributed by atoms with E-state index in [1.807, 2.05) is 12.3 Å². The lowest BCUT2D eigenvalue weighted by Crippen LogP contribution is -2.42. The molecule has 10 heteroatoms. The van der Waals surface area contributed by atoms with Gasteiger partial charge in [0.05, 0.1) is 17.6 Å². The van der Waals surface area contributed by atoms with Gasteiger partial charge in [0.2, 0.25) is 0 Å². The molecule has 1 fully saturated rings. The Kier molecular flexibility index (Phi) is 4.73. The Morgan fingerprint density at radius 3 is 2.77 bits per heavy atom. The zero-order chi connectivity index (χ0) is 21.6. The highest BCUT2D eigenvalue weighted by atomic mass is 16.1. The highest BCUT2D eigenvalue weighted by molar-refractivity contribution is 5.92. The van der Waals surface area contributed by atoms with Crippen molar-refractivity contribution in [1.82, 2.24) is 25.1 Å². The van der Waals surface area contributed by atoms with E-state index in [0.29, 0.717) is 12.2 Å². The number of carbonyl (C=O) groups excluding carboxylic acids is 1. The van der Waals surface area contributed by atoms with E-state index >= 15 is 0 Å². The van der Waals surface area contributed by atoms with Crippen LogP contribution in [0.3, 0.4) is 0 Å². The van der Waals surface area contributed by atoms with Crippen LogP contribution in [0.5, 0.6) is 0 Å². The molecular formula is C21H27N9O. The summed E-state index contributed by atoms with van der Waals surface area (Å²) in [5, 5.41) is 7.57. The molecule has 0 atom stereocenters. The summed E-state index contributed by atoms with van der Waals surface area (Å²) in [5.74, 6) is 1.06. The number of aromatic nitrogens is 5. The third-order valence-electron chi connectivity index (χ3n) is 6.57. The molecule has 5 heterocycles. The first-order valence-electron chi connectivity index (χ1n) is 10.7. The first-order valence-corrected chi connectivity index (χ1v) is 10.7. The number of piperidine rings is 1. The van der Waals surface area contributed by atoms with Gasteiger partial charge in [-0.25, -0.2) is 15.0 Å². The number of nitrogens with two attached hydrogens (primary N) is 2. The maximum Gasteiger partial charge on any atom is 0.267 e. The molecule has 1 saturated heterocycles. The second kappa shape index (κ2) is 7.45. The molecule has 10 nitrogen and oxygen atoms in total. The summed E-state index contributed by atoms with van der Waals surface area (Å²) in [5.41, 5.74) is 15.0. The number of aromatic amines is 1. The lowest BCUT2D eigenvalue weighted by molar-refractivity contribution is 0.0995. The van der Waals surface area contributed by atoms with E-state index in [1.165, 1.54) is 0 Å². The van der Waals surface area contributed by atoms with Crippen LogP contribution in [0.25, 0.3) is 11.2 Å². The lowest BCUT2D eigenvalue weighted by atomic mass is 9.80. The van der Waals surface area contributed by atoms with Gasteiger partial charge in [0.1, 0.15) is 11.5 Å². The molecule has 0 aliphatic carbocycles. The summed E-state index contributed by atoms with van der Waals surface area (Å²) in [6.45, 7) is 5.59. The molecule has 3 aromatic rings. The summed E-state index contributed by atoms with van der Waals surface area (Å²) >= 11 is 0. The van der Waals surface area contributed by atoms with E-state index in [9.17, 15) is 4.79 Å². The molecule has 2 aliphatic rings. The van der Waals surface area contributed by atoms with Crippen LogP contribution in [0.1, 0.15) is 42.4 Å². The second-order valence-electron chi connectivity index (χ2n) is 8.76. The predicted octanol–water partition coefficient (Wildman–Crippen LogP) is 1.50. The van der Waals surface area contributed by atoms with Crippen LogP contribution >= 0.6 is 0 Å². The van der Waals surface area contributed by atoms with Crippen molar-refractivity contribution in [3.05, 3.63) is 29.7 Å². The van der Waals surface area contributed by atoms with Crippen LogP contribution in [0, 0.1) is 5.41 Å². The van der Waals surface area contributed by atoms with Gasteiger partial charge in [-0.2, -0.15) is 5.10 Å². The van der Waals surface area contributed by atoms with E-state index in [0.717, 1.165) is 73.9 Å². The quantitative estimate of drug-likeness (QED) is 0.575. The highest BCUT2D eigenvalue weighted by Gasteiger charge is 2.30. The average molecular weight is 422 g/mol. The zero-order valence-corrected chi connectivity index (χ0v) is 17.6. The Morgan fingerprint density at radius 1 is 1.23 bits per heavy atom. The summed E-state index contributed by atoms with van der Waals surface area (Å²) in [6.07, 6.45) is 5.61. The minimum atomic E-state index is -0.520. The van der Waals surface area contributed by atoms with Crippen LogP contribution in [-0.4, -0.2) is 57.2 Å². The van der Waals surface area contributed by atoms with Crippen molar-refractivity contribution in [2.24, 2.45) is 16.9 Å². The fraction of sp³-hybridized carbons (Fsp3) is 0.476. The molecule has 0 aromatic carbocycles. The number of H-pyrrole nitrogens is 1. The number of aryl methyl sites for hydroxylation is 1. The minimum Gasteiger partial charge on any atom is -0.364 e. The summed E-state index contributed by atoms with van der Waals surface area (Å²) in [6, 6.07) is 3.54. The number of anilines is 3. The molecule has 0 unspecified atom stereocenters. The van der Waals surface area contributed by atoms with Crippen molar-refractivity contribution in [2.75, 3.05) is 36.0 Å². The standard InChI is InChI=1S/C21H27N9O/c1-21(12-22)6-9-29(10-7-21)16-11-24-17-19(26-16)27-28-20(17)30-8-2-3-13-15(30)5-4-14(25-13)18(23)31/h4-5,11H,2-3,6-10,12,22H2,1H3,(H2,23,31)(H,26,27,28). The van der Waals surface area contributed by atoms with Gasteiger partial charge in [0, 0.05) is 19.6 Å². The lowest BCUT2D eigenvalue weighted by Gasteiger charge is -2.39. The number of carbonyl (C=O) groups is 1. The third-order valence-corrected chi connectivity index (χ3v) is 6.57. The average Bonchev–Trinajstić information content (AvgIpc) is 3.22. The Morgan fingerprint density at radius 2 is 2.03 bits per heavy atom. The molecule has 1 amide bonds.